The Morgan fingerprint density at radius 2 is 1.79 bits per heavy atom. The lowest BCUT2D eigenvalue weighted by Crippen LogP contribution is -2.20. The highest BCUT2D eigenvalue weighted by molar-refractivity contribution is 5.46. The van der Waals surface area contributed by atoms with Gasteiger partial charge in [-0.15, -0.1) is 0 Å². The van der Waals surface area contributed by atoms with Crippen molar-refractivity contribution in [3.05, 3.63) is 24.3 Å². The third-order valence-corrected chi connectivity index (χ3v) is 3.81. The second kappa shape index (κ2) is 6.73. The maximum Gasteiger partial charge on any atom is 0.387 e. The number of alkyl halides is 2. The molecule has 1 saturated carbocycles. The topological polar surface area (TPSA) is 21.3 Å². The molecule has 1 aliphatic carbocycles. The largest absolute Gasteiger partial charge is 0.435 e. The summed E-state index contributed by atoms with van der Waals surface area (Å²) in [5, 5.41) is 3.37. The number of rotatable bonds is 5. The van der Waals surface area contributed by atoms with Crippen LogP contribution in [0.1, 0.15) is 32.6 Å². The van der Waals surface area contributed by atoms with Crippen molar-refractivity contribution in [2.24, 2.45) is 11.8 Å². The van der Waals surface area contributed by atoms with Gasteiger partial charge in [0.05, 0.1) is 0 Å². The van der Waals surface area contributed by atoms with Gasteiger partial charge in [-0.1, -0.05) is 19.8 Å². The first-order valence-corrected chi connectivity index (χ1v) is 6.92. The van der Waals surface area contributed by atoms with Gasteiger partial charge >= 0.3 is 6.61 Å². The minimum atomic E-state index is -2.76. The summed E-state index contributed by atoms with van der Waals surface area (Å²) in [7, 11) is 0. The fourth-order valence-electron chi connectivity index (χ4n) is 2.55. The fourth-order valence-corrected chi connectivity index (χ4v) is 2.55. The third-order valence-electron chi connectivity index (χ3n) is 3.81. The van der Waals surface area contributed by atoms with Crippen molar-refractivity contribution in [1.82, 2.24) is 0 Å². The van der Waals surface area contributed by atoms with Crippen molar-refractivity contribution >= 4 is 5.69 Å². The Balaban J connectivity index is 1.76. The Hall–Kier alpha value is -1.32. The Morgan fingerprint density at radius 3 is 2.37 bits per heavy atom. The molecule has 1 fully saturated rings. The number of nitrogens with one attached hydrogen (secondary N) is 1. The number of hydrogen-bond acceptors (Lipinski definition) is 2. The molecule has 0 unspecified atom stereocenters. The molecule has 0 heterocycles. The molecule has 0 aromatic heterocycles. The Labute approximate surface area is 113 Å². The van der Waals surface area contributed by atoms with Crippen molar-refractivity contribution in [3.63, 3.8) is 0 Å². The van der Waals surface area contributed by atoms with Gasteiger partial charge in [-0.05, 0) is 48.9 Å². The number of anilines is 1. The van der Waals surface area contributed by atoms with Crippen molar-refractivity contribution < 1.29 is 13.5 Å². The second-order valence-corrected chi connectivity index (χ2v) is 5.41. The molecule has 1 aliphatic rings. The Bertz CT molecular complexity index is 372. The van der Waals surface area contributed by atoms with E-state index in [4.69, 9.17) is 0 Å². The van der Waals surface area contributed by atoms with Crippen LogP contribution in [0.4, 0.5) is 14.5 Å². The van der Waals surface area contributed by atoms with Crippen LogP contribution in [-0.4, -0.2) is 13.2 Å². The van der Waals surface area contributed by atoms with Crippen LogP contribution >= 0.6 is 0 Å². The normalized spacial score (nSPS) is 23.4. The first-order valence-electron chi connectivity index (χ1n) is 6.92. The standard InChI is InChI=1S/C15H21F2NO/c1-11-2-4-12(5-3-11)10-18-13-6-8-14(9-7-13)19-15(16)17/h6-9,11-12,15,18H,2-5,10H2,1H3. The van der Waals surface area contributed by atoms with Crippen LogP contribution in [0.2, 0.25) is 0 Å². The van der Waals surface area contributed by atoms with Crippen LogP contribution in [0.5, 0.6) is 5.75 Å². The summed E-state index contributed by atoms with van der Waals surface area (Å²) < 4.78 is 28.3. The highest BCUT2D eigenvalue weighted by atomic mass is 19.3. The molecule has 0 spiro atoms. The van der Waals surface area contributed by atoms with Crippen molar-refractivity contribution in [2.75, 3.05) is 11.9 Å². The number of benzene rings is 1. The molecule has 2 nitrogen and oxygen atoms in total. The molecule has 0 saturated heterocycles. The summed E-state index contributed by atoms with van der Waals surface area (Å²) >= 11 is 0. The lowest BCUT2D eigenvalue weighted by molar-refractivity contribution is -0.0498. The lowest BCUT2D eigenvalue weighted by atomic mass is 9.83. The van der Waals surface area contributed by atoms with Gasteiger partial charge < -0.3 is 10.1 Å². The van der Waals surface area contributed by atoms with Gasteiger partial charge in [0.25, 0.3) is 0 Å². The van der Waals surface area contributed by atoms with E-state index in [0.29, 0.717) is 0 Å². The van der Waals surface area contributed by atoms with Crippen LogP contribution in [0.25, 0.3) is 0 Å². The zero-order valence-corrected chi connectivity index (χ0v) is 11.2. The summed E-state index contributed by atoms with van der Waals surface area (Å²) in [4.78, 5) is 0. The van der Waals surface area contributed by atoms with Crippen molar-refractivity contribution in [2.45, 2.75) is 39.2 Å². The van der Waals surface area contributed by atoms with Crippen LogP contribution in [0.3, 0.4) is 0 Å². The Kier molecular flexibility index (Phi) is 5.00. The summed E-state index contributed by atoms with van der Waals surface area (Å²) in [5.41, 5.74) is 0.959. The third kappa shape index (κ3) is 4.69. The van der Waals surface area contributed by atoms with Crippen LogP contribution in [-0.2, 0) is 0 Å². The van der Waals surface area contributed by atoms with E-state index in [0.717, 1.165) is 24.1 Å². The van der Waals surface area contributed by atoms with E-state index in [1.54, 1.807) is 24.3 Å². The van der Waals surface area contributed by atoms with Crippen LogP contribution in [0.15, 0.2) is 24.3 Å². The van der Waals surface area contributed by atoms with Crippen molar-refractivity contribution in [1.29, 1.82) is 0 Å². The molecule has 0 amide bonds. The molecule has 0 radical (unpaired) electrons. The minimum Gasteiger partial charge on any atom is -0.435 e. The smallest absolute Gasteiger partial charge is 0.387 e. The molecule has 2 rings (SSSR count). The van der Waals surface area contributed by atoms with E-state index in [9.17, 15) is 8.78 Å². The average molecular weight is 269 g/mol. The first kappa shape index (κ1) is 14.1. The van der Waals surface area contributed by atoms with Gasteiger partial charge in [0, 0.05) is 12.2 Å². The molecule has 0 atom stereocenters. The van der Waals surface area contributed by atoms with E-state index in [1.807, 2.05) is 0 Å². The monoisotopic (exact) mass is 269 g/mol. The Morgan fingerprint density at radius 1 is 1.16 bits per heavy atom. The molecule has 19 heavy (non-hydrogen) atoms. The molecule has 0 bridgehead atoms. The second-order valence-electron chi connectivity index (χ2n) is 5.41. The summed E-state index contributed by atoms with van der Waals surface area (Å²) in [5.74, 6) is 1.79. The van der Waals surface area contributed by atoms with Gasteiger partial charge in [0.2, 0.25) is 0 Å². The highest BCUT2D eigenvalue weighted by Gasteiger charge is 2.17. The number of halogens is 2. The minimum absolute atomic E-state index is 0.201. The van der Waals surface area contributed by atoms with Crippen LogP contribution < -0.4 is 10.1 Å². The molecular weight excluding hydrogens is 248 g/mol. The molecule has 1 aromatic carbocycles. The maximum absolute atomic E-state index is 12.0. The maximum atomic E-state index is 12.0. The average Bonchev–Trinajstić information content (AvgIpc) is 2.39. The molecule has 1 N–H and O–H groups in total. The summed E-state index contributed by atoms with van der Waals surface area (Å²) in [6, 6.07) is 6.70. The van der Waals surface area contributed by atoms with E-state index in [-0.39, 0.29) is 5.75 Å². The molecular formula is C15H21F2NO. The van der Waals surface area contributed by atoms with Gasteiger partial charge in [-0.25, -0.2) is 0 Å². The predicted molar refractivity (Wildman–Crippen MR) is 72.7 cm³/mol. The fraction of sp³-hybridized carbons (Fsp3) is 0.600. The zero-order valence-electron chi connectivity index (χ0n) is 11.2. The van der Waals surface area contributed by atoms with Gasteiger partial charge in [-0.2, -0.15) is 8.78 Å². The summed E-state index contributed by atoms with van der Waals surface area (Å²) in [6.07, 6.45) is 5.18. The van der Waals surface area contributed by atoms with E-state index < -0.39 is 6.61 Å². The number of hydrogen-bond donors (Lipinski definition) is 1. The van der Waals surface area contributed by atoms with Gasteiger partial charge in [0.1, 0.15) is 5.75 Å². The molecule has 1 aromatic rings. The zero-order chi connectivity index (χ0) is 13.7. The van der Waals surface area contributed by atoms with E-state index >= 15 is 0 Å². The quantitative estimate of drug-likeness (QED) is 0.848. The molecule has 0 aliphatic heterocycles. The lowest BCUT2D eigenvalue weighted by Gasteiger charge is -2.26. The summed E-state index contributed by atoms with van der Waals surface area (Å²) in [6.45, 7) is 0.510. The van der Waals surface area contributed by atoms with E-state index in [1.165, 1.54) is 25.7 Å². The van der Waals surface area contributed by atoms with Crippen molar-refractivity contribution in [3.8, 4) is 5.75 Å². The SMILES string of the molecule is CC1CCC(CNc2ccc(OC(F)F)cc2)CC1. The van der Waals surface area contributed by atoms with Crippen LogP contribution in [0, 0.1) is 11.8 Å². The highest BCUT2D eigenvalue weighted by Crippen LogP contribution is 2.28. The van der Waals surface area contributed by atoms with E-state index in [2.05, 4.69) is 17.0 Å². The van der Waals surface area contributed by atoms with Gasteiger partial charge in [-0.3, -0.25) is 0 Å². The number of ether oxygens (including phenoxy) is 1. The van der Waals surface area contributed by atoms with Gasteiger partial charge in [0.15, 0.2) is 0 Å². The molecule has 106 valence electrons. The molecule has 4 heteroatoms. The first-order chi connectivity index (χ1) is 9.13. The predicted octanol–water partition coefficient (Wildman–Crippen LogP) is 4.53.